The number of hydrogen-bond acceptors (Lipinski definition) is 4. The Morgan fingerprint density at radius 3 is 1.70 bits per heavy atom. The van der Waals surface area contributed by atoms with Crippen molar-refractivity contribution in [1.29, 1.82) is 0 Å². The molecule has 0 aromatic rings. The lowest BCUT2D eigenvalue weighted by atomic mass is 10.3. The summed E-state index contributed by atoms with van der Waals surface area (Å²) in [6, 6.07) is 0. The molecule has 0 saturated carbocycles. The van der Waals surface area contributed by atoms with Gasteiger partial charge in [0.25, 0.3) is 0 Å². The van der Waals surface area contributed by atoms with Crippen molar-refractivity contribution in [2.24, 2.45) is 0 Å². The van der Waals surface area contributed by atoms with Crippen molar-refractivity contribution in [3.63, 3.8) is 0 Å². The van der Waals surface area contributed by atoms with E-state index in [1.54, 1.807) is 0 Å². The molecule has 2 unspecified atom stereocenters. The van der Waals surface area contributed by atoms with Crippen molar-refractivity contribution < 1.29 is 21.8 Å². The third kappa shape index (κ3) is 3.88. The zero-order valence-corrected chi connectivity index (χ0v) is 5.79. The molecule has 0 N–H and O–H groups in total. The summed E-state index contributed by atoms with van der Waals surface area (Å²) >= 11 is 0. The number of esters is 2. The highest BCUT2D eigenvalue weighted by Crippen LogP contribution is 1.92. The summed E-state index contributed by atoms with van der Waals surface area (Å²) in [6.45, 7) is 0. The molecule has 2 atom stereocenters. The van der Waals surface area contributed by atoms with Gasteiger partial charge in [-0.05, 0) is 0 Å². The highest BCUT2D eigenvalue weighted by molar-refractivity contribution is 5.77. The molecule has 0 aromatic carbocycles. The van der Waals surface area contributed by atoms with Crippen LogP contribution in [-0.2, 0) is 19.1 Å². The van der Waals surface area contributed by atoms with Gasteiger partial charge in [-0.15, -0.1) is 0 Å². The smallest absolute Gasteiger partial charge is 0.306 e. The summed E-state index contributed by atoms with van der Waals surface area (Å²) in [5.41, 5.74) is 0. The van der Waals surface area contributed by atoms with Gasteiger partial charge in [0.05, 0.1) is 27.0 Å². The lowest BCUT2D eigenvalue weighted by molar-refractivity contribution is -0.147. The van der Waals surface area contributed by atoms with E-state index in [0.29, 0.717) is 0 Å². The maximum absolute atomic E-state index is 10.6. The van der Waals surface area contributed by atoms with Gasteiger partial charge in [-0.25, -0.2) is 0 Å². The third-order valence-electron chi connectivity index (χ3n) is 0.758. The molecular weight excluding hydrogens is 136 g/mol. The van der Waals surface area contributed by atoms with E-state index in [4.69, 9.17) is 2.74 Å². The Hall–Kier alpha value is -1.06. The van der Waals surface area contributed by atoms with E-state index in [2.05, 4.69) is 9.47 Å². The van der Waals surface area contributed by atoms with Crippen molar-refractivity contribution >= 4 is 11.9 Å². The lowest BCUT2D eigenvalue weighted by Gasteiger charge is -1.96. The SMILES string of the molecule is [2H]C(C(=O)OC)C([2H])C(=O)OC. The van der Waals surface area contributed by atoms with Crippen LogP contribution in [0.4, 0.5) is 0 Å². The predicted molar refractivity (Wildman–Crippen MR) is 33.3 cm³/mol. The Morgan fingerprint density at radius 1 is 1.20 bits per heavy atom. The maximum Gasteiger partial charge on any atom is 0.306 e. The fraction of sp³-hybridized carbons (Fsp3) is 0.667. The quantitative estimate of drug-likeness (QED) is 0.533. The predicted octanol–water partition coefficient (Wildman–Crippen LogP) is 0.113. The van der Waals surface area contributed by atoms with Crippen LogP contribution < -0.4 is 0 Å². The van der Waals surface area contributed by atoms with Crippen LogP contribution in [0.15, 0.2) is 0 Å². The second kappa shape index (κ2) is 4.78. The van der Waals surface area contributed by atoms with Gasteiger partial charge in [0.1, 0.15) is 0 Å². The Morgan fingerprint density at radius 2 is 1.50 bits per heavy atom. The second-order valence-corrected chi connectivity index (χ2v) is 1.38. The molecule has 0 radical (unpaired) electrons. The molecule has 0 rings (SSSR count). The van der Waals surface area contributed by atoms with Crippen molar-refractivity contribution in [1.82, 2.24) is 0 Å². The van der Waals surface area contributed by atoms with E-state index in [1.807, 2.05) is 0 Å². The van der Waals surface area contributed by atoms with Crippen LogP contribution >= 0.6 is 0 Å². The molecule has 0 fully saturated rings. The van der Waals surface area contributed by atoms with Crippen molar-refractivity contribution in [2.75, 3.05) is 14.2 Å². The summed E-state index contributed by atoms with van der Waals surface area (Å²) in [5.74, 6) is -1.83. The van der Waals surface area contributed by atoms with E-state index in [9.17, 15) is 9.59 Å². The van der Waals surface area contributed by atoms with Crippen LogP contribution in [0.25, 0.3) is 0 Å². The Labute approximate surface area is 61.9 Å². The number of methoxy groups -OCH3 is 2. The van der Waals surface area contributed by atoms with Gasteiger partial charge in [0.2, 0.25) is 0 Å². The number of ether oxygens (including phenoxy) is 2. The molecule has 0 aromatic heterocycles. The molecule has 4 heteroatoms. The van der Waals surface area contributed by atoms with Gasteiger partial charge in [-0.3, -0.25) is 9.59 Å². The van der Waals surface area contributed by atoms with Gasteiger partial charge in [-0.1, -0.05) is 0 Å². The van der Waals surface area contributed by atoms with Crippen LogP contribution in [0.5, 0.6) is 0 Å². The van der Waals surface area contributed by atoms with Gasteiger partial charge < -0.3 is 9.47 Å². The zero-order valence-electron chi connectivity index (χ0n) is 7.79. The lowest BCUT2D eigenvalue weighted by Crippen LogP contribution is -2.06. The number of rotatable bonds is 3. The number of carbonyl (C=O) groups excluding carboxylic acids is 2. The molecule has 0 aliphatic heterocycles. The average molecular weight is 148 g/mol. The Kier molecular flexibility index (Phi) is 2.73. The van der Waals surface area contributed by atoms with E-state index < -0.39 is 24.7 Å². The number of hydrogen-bond donors (Lipinski definition) is 0. The fourth-order valence-electron chi connectivity index (χ4n) is 0.272. The van der Waals surface area contributed by atoms with Gasteiger partial charge in [0, 0.05) is 2.74 Å². The van der Waals surface area contributed by atoms with Crippen molar-refractivity contribution in [3.05, 3.63) is 0 Å². The first-order valence-corrected chi connectivity index (χ1v) is 2.54. The normalized spacial score (nSPS) is 17.8. The molecule has 0 aliphatic rings. The van der Waals surface area contributed by atoms with E-state index in [0.717, 1.165) is 14.2 Å². The van der Waals surface area contributed by atoms with Crippen LogP contribution in [0.2, 0.25) is 0 Å². The van der Waals surface area contributed by atoms with E-state index in [1.165, 1.54) is 0 Å². The molecule has 4 nitrogen and oxygen atoms in total. The maximum atomic E-state index is 10.6. The molecule has 58 valence electrons. The largest absolute Gasteiger partial charge is 0.469 e. The summed E-state index contributed by atoms with van der Waals surface area (Å²) in [7, 11) is 2.18. The van der Waals surface area contributed by atoms with E-state index >= 15 is 0 Å². The van der Waals surface area contributed by atoms with Crippen LogP contribution in [0.1, 0.15) is 15.5 Å². The van der Waals surface area contributed by atoms with Crippen molar-refractivity contribution in [2.45, 2.75) is 12.8 Å². The van der Waals surface area contributed by atoms with Crippen LogP contribution in [0, 0.1) is 0 Å². The van der Waals surface area contributed by atoms with Crippen LogP contribution in [-0.4, -0.2) is 26.2 Å². The van der Waals surface area contributed by atoms with Gasteiger partial charge in [-0.2, -0.15) is 0 Å². The Bertz CT molecular complexity index is 162. The highest BCUT2D eigenvalue weighted by atomic mass is 16.5. The molecule has 0 saturated heterocycles. The van der Waals surface area contributed by atoms with Crippen molar-refractivity contribution in [3.8, 4) is 0 Å². The highest BCUT2D eigenvalue weighted by Gasteiger charge is 2.04. The first-order chi connectivity index (χ1) is 5.54. The minimum absolute atomic E-state index is 0.916. The Balaban J connectivity index is 4.18. The molecule has 0 amide bonds. The van der Waals surface area contributed by atoms with Gasteiger partial charge >= 0.3 is 11.9 Å². The molecule has 0 heterocycles. The third-order valence-corrected chi connectivity index (χ3v) is 0.758. The molecule has 0 aliphatic carbocycles. The molecule has 10 heavy (non-hydrogen) atoms. The molecule has 0 bridgehead atoms. The average Bonchev–Trinajstić information content (AvgIpc) is 2.12. The van der Waals surface area contributed by atoms with E-state index in [-0.39, 0.29) is 0 Å². The summed E-state index contributed by atoms with van der Waals surface area (Å²) in [4.78, 5) is 21.3. The number of carbonyl (C=O) groups is 2. The summed E-state index contributed by atoms with van der Waals surface area (Å²) < 4.78 is 22.5. The zero-order chi connectivity index (χ0) is 9.72. The minimum Gasteiger partial charge on any atom is -0.469 e. The van der Waals surface area contributed by atoms with Gasteiger partial charge in [0.15, 0.2) is 0 Å². The fourth-order valence-corrected chi connectivity index (χ4v) is 0.272. The standard InChI is InChI=1S/C6H10O4/c1-9-5(7)3-4-6(8)10-2/h3-4H2,1-2H3/i3D,4D. The van der Waals surface area contributed by atoms with Crippen LogP contribution in [0.3, 0.4) is 0 Å². The molecular formula is C6H10O4. The molecule has 0 spiro atoms. The topological polar surface area (TPSA) is 52.6 Å². The first-order valence-electron chi connectivity index (χ1n) is 3.70. The monoisotopic (exact) mass is 148 g/mol. The summed E-state index contributed by atoms with van der Waals surface area (Å²) in [6.07, 6.45) is -3.08. The summed E-state index contributed by atoms with van der Waals surface area (Å²) in [5, 5.41) is 0. The minimum atomic E-state index is -1.54. The first kappa shape index (κ1) is 5.70. The second-order valence-electron chi connectivity index (χ2n) is 1.38.